The maximum absolute atomic E-state index is 5.59. The van der Waals surface area contributed by atoms with Crippen molar-refractivity contribution >= 4 is 0 Å². The standard InChI is InChI=1S/C9H16N2O/c1-8(10)4-5-11-7-9-3-2-6-12-9/h2-3,6,8,11H,4-5,7,10H2,1H3. The maximum atomic E-state index is 5.59. The van der Waals surface area contributed by atoms with Crippen molar-refractivity contribution in [2.45, 2.75) is 25.9 Å². The Bertz CT molecular complexity index is 194. The molecule has 0 aromatic carbocycles. The van der Waals surface area contributed by atoms with E-state index in [-0.39, 0.29) is 6.04 Å². The van der Waals surface area contributed by atoms with E-state index in [1.54, 1.807) is 6.26 Å². The fraction of sp³-hybridized carbons (Fsp3) is 0.556. The van der Waals surface area contributed by atoms with Crippen molar-refractivity contribution in [1.29, 1.82) is 0 Å². The van der Waals surface area contributed by atoms with E-state index in [1.807, 2.05) is 19.1 Å². The molecule has 0 aliphatic rings. The first-order valence-corrected chi connectivity index (χ1v) is 4.27. The second-order valence-electron chi connectivity index (χ2n) is 3.02. The lowest BCUT2D eigenvalue weighted by Gasteiger charge is -2.04. The van der Waals surface area contributed by atoms with Gasteiger partial charge in [-0.3, -0.25) is 0 Å². The fourth-order valence-electron chi connectivity index (χ4n) is 0.954. The van der Waals surface area contributed by atoms with Crippen molar-refractivity contribution in [3.05, 3.63) is 24.2 Å². The van der Waals surface area contributed by atoms with E-state index >= 15 is 0 Å². The summed E-state index contributed by atoms with van der Waals surface area (Å²) >= 11 is 0. The molecule has 0 saturated carbocycles. The van der Waals surface area contributed by atoms with Crippen LogP contribution >= 0.6 is 0 Å². The Morgan fingerprint density at radius 3 is 3.08 bits per heavy atom. The molecule has 12 heavy (non-hydrogen) atoms. The van der Waals surface area contributed by atoms with Crippen LogP contribution in [0, 0.1) is 0 Å². The number of nitrogens with two attached hydrogens (primary N) is 1. The molecule has 0 saturated heterocycles. The van der Waals surface area contributed by atoms with E-state index in [2.05, 4.69) is 5.32 Å². The lowest BCUT2D eigenvalue weighted by atomic mass is 10.2. The quantitative estimate of drug-likeness (QED) is 0.647. The van der Waals surface area contributed by atoms with Crippen LogP contribution in [-0.4, -0.2) is 12.6 Å². The van der Waals surface area contributed by atoms with Gasteiger partial charge in [0.15, 0.2) is 0 Å². The van der Waals surface area contributed by atoms with Crippen LogP contribution in [-0.2, 0) is 6.54 Å². The molecule has 1 aromatic heterocycles. The largest absolute Gasteiger partial charge is 0.468 e. The first-order valence-electron chi connectivity index (χ1n) is 4.27. The summed E-state index contributed by atoms with van der Waals surface area (Å²) in [5, 5.41) is 3.25. The molecular formula is C9H16N2O. The van der Waals surface area contributed by atoms with E-state index < -0.39 is 0 Å². The smallest absolute Gasteiger partial charge is 0.117 e. The zero-order valence-electron chi connectivity index (χ0n) is 7.42. The normalized spacial score (nSPS) is 13.2. The minimum absolute atomic E-state index is 0.272. The molecule has 1 aromatic rings. The summed E-state index contributed by atoms with van der Waals surface area (Å²) in [4.78, 5) is 0. The van der Waals surface area contributed by atoms with Gasteiger partial charge in [-0.15, -0.1) is 0 Å². The molecule has 0 amide bonds. The molecule has 0 spiro atoms. The summed E-state index contributed by atoms with van der Waals surface area (Å²) in [6.07, 6.45) is 2.68. The fourth-order valence-corrected chi connectivity index (χ4v) is 0.954. The van der Waals surface area contributed by atoms with Crippen molar-refractivity contribution in [3.8, 4) is 0 Å². The predicted octanol–water partition coefficient (Wildman–Crippen LogP) is 1.11. The molecule has 0 aliphatic carbocycles. The molecular weight excluding hydrogens is 152 g/mol. The molecule has 1 atom stereocenters. The van der Waals surface area contributed by atoms with E-state index in [1.165, 1.54) is 0 Å². The number of hydrogen-bond acceptors (Lipinski definition) is 3. The van der Waals surface area contributed by atoms with E-state index in [4.69, 9.17) is 10.2 Å². The van der Waals surface area contributed by atoms with Crippen molar-refractivity contribution in [1.82, 2.24) is 5.32 Å². The summed E-state index contributed by atoms with van der Waals surface area (Å²) in [6.45, 7) is 3.74. The molecule has 0 aliphatic heterocycles. The molecule has 0 bridgehead atoms. The Morgan fingerprint density at radius 2 is 2.50 bits per heavy atom. The molecule has 68 valence electrons. The van der Waals surface area contributed by atoms with Crippen LogP contribution in [0.2, 0.25) is 0 Å². The predicted molar refractivity (Wildman–Crippen MR) is 48.7 cm³/mol. The summed E-state index contributed by atoms with van der Waals surface area (Å²) in [5.74, 6) is 0.972. The second-order valence-corrected chi connectivity index (χ2v) is 3.02. The van der Waals surface area contributed by atoms with Gasteiger partial charge in [-0.05, 0) is 32.0 Å². The first-order chi connectivity index (χ1) is 5.79. The van der Waals surface area contributed by atoms with Gasteiger partial charge in [-0.25, -0.2) is 0 Å². The van der Waals surface area contributed by atoms with E-state index in [0.29, 0.717) is 0 Å². The highest BCUT2D eigenvalue weighted by Gasteiger charge is 1.95. The van der Waals surface area contributed by atoms with Crippen molar-refractivity contribution in [3.63, 3.8) is 0 Å². The molecule has 3 N–H and O–H groups in total. The minimum Gasteiger partial charge on any atom is -0.468 e. The first kappa shape index (κ1) is 9.29. The molecule has 0 radical (unpaired) electrons. The number of nitrogens with one attached hydrogen (secondary N) is 1. The zero-order valence-corrected chi connectivity index (χ0v) is 7.42. The van der Waals surface area contributed by atoms with Crippen LogP contribution in [0.5, 0.6) is 0 Å². The average molecular weight is 168 g/mol. The van der Waals surface area contributed by atoms with Gasteiger partial charge in [-0.2, -0.15) is 0 Å². The monoisotopic (exact) mass is 168 g/mol. The third-order valence-electron chi connectivity index (χ3n) is 1.66. The Balaban J connectivity index is 2.04. The SMILES string of the molecule is CC(N)CCNCc1ccco1. The highest BCUT2D eigenvalue weighted by atomic mass is 16.3. The average Bonchev–Trinajstić information content (AvgIpc) is 2.49. The third-order valence-corrected chi connectivity index (χ3v) is 1.66. The number of hydrogen-bond donors (Lipinski definition) is 2. The van der Waals surface area contributed by atoms with Crippen LogP contribution in [0.25, 0.3) is 0 Å². The van der Waals surface area contributed by atoms with Gasteiger partial charge in [0.2, 0.25) is 0 Å². The molecule has 3 heteroatoms. The van der Waals surface area contributed by atoms with Gasteiger partial charge in [0.1, 0.15) is 5.76 Å². The Kier molecular flexibility index (Phi) is 3.84. The van der Waals surface area contributed by atoms with Crippen molar-refractivity contribution in [2.24, 2.45) is 5.73 Å². The van der Waals surface area contributed by atoms with Gasteiger partial charge < -0.3 is 15.5 Å². The third kappa shape index (κ3) is 3.55. The molecule has 1 rings (SSSR count). The van der Waals surface area contributed by atoms with Crippen LogP contribution in [0.4, 0.5) is 0 Å². The second kappa shape index (κ2) is 4.95. The van der Waals surface area contributed by atoms with Crippen LogP contribution in [0.3, 0.4) is 0 Å². The summed E-state index contributed by atoms with van der Waals surface area (Å²) in [5.41, 5.74) is 5.59. The Morgan fingerprint density at radius 1 is 1.67 bits per heavy atom. The Labute approximate surface area is 72.9 Å². The van der Waals surface area contributed by atoms with Crippen LogP contribution in [0.1, 0.15) is 19.1 Å². The molecule has 3 nitrogen and oxygen atoms in total. The highest BCUT2D eigenvalue weighted by molar-refractivity contribution is 4.97. The minimum atomic E-state index is 0.272. The van der Waals surface area contributed by atoms with Gasteiger partial charge in [-0.1, -0.05) is 0 Å². The van der Waals surface area contributed by atoms with Crippen molar-refractivity contribution < 1.29 is 4.42 Å². The summed E-state index contributed by atoms with van der Waals surface area (Å²) in [7, 11) is 0. The van der Waals surface area contributed by atoms with Gasteiger partial charge in [0.25, 0.3) is 0 Å². The van der Waals surface area contributed by atoms with E-state index in [9.17, 15) is 0 Å². The molecule has 1 unspecified atom stereocenters. The number of furan rings is 1. The van der Waals surface area contributed by atoms with Crippen LogP contribution < -0.4 is 11.1 Å². The summed E-state index contributed by atoms with van der Waals surface area (Å²) in [6, 6.07) is 4.12. The van der Waals surface area contributed by atoms with Crippen molar-refractivity contribution in [2.75, 3.05) is 6.54 Å². The maximum Gasteiger partial charge on any atom is 0.117 e. The molecule has 0 fully saturated rings. The zero-order chi connectivity index (χ0) is 8.81. The van der Waals surface area contributed by atoms with Gasteiger partial charge in [0.05, 0.1) is 12.8 Å². The number of rotatable bonds is 5. The topological polar surface area (TPSA) is 51.2 Å². The van der Waals surface area contributed by atoms with Gasteiger partial charge in [0, 0.05) is 6.04 Å². The molecule has 1 heterocycles. The lowest BCUT2D eigenvalue weighted by Crippen LogP contribution is -2.23. The lowest BCUT2D eigenvalue weighted by molar-refractivity contribution is 0.476. The van der Waals surface area contributed by atoms with E-state index in [0.717, 1.165) is 25.3 Å². The highest BCUT2D eigenvalue weighted by Crippen LogP contribution is 1.98. The van der Waals surface area contributed by atoms with Crippen LogP contribution in [0.15, 0.2) is 22.8 Å². The summed E-state index contributed by atoms with van der Waals surface area (Å²) < 4.78 is 5.15. The Hall–Kier alpha value is -0.800. The van der Waals surface area contributed by atoms with Gasteiger partial charge >= 0.3 is 0 Å².